The first-order valence-electron chi connectivity index (χ1n) is 8.56. The number of amides is 2. The predicted molar refractivity (Wildman–Crippen MR) is 97.8 cm³/mol. The minimum atomic E-state index is -4.34. The third-order valence-corrected chi connectivity index (χ3v) is 4.87. The molecule has 27 heavy (non-hydrogen) atoms. The topological polar surface area (TPSA) is 70.2 Å². The van der Waals surface area contributed by atoms with Gasteiger partial charge in [-0.1, -0.05) is 32.9 Å². The molecule has 1 aliphatic heterocycles. The zero-order valence-electron chi connectivity index (χ0n) is 15.6. The maximum absolute atomic E-state index is 12.7. The fourth-order valence-electron chi connectivity index (χ4n) is 2.96. The number of carbonyl (C=O) groups is 2. The maximum atomic E-state index is 12.7. The van der Waals surface area contributed by atoms with Crippen molar-refractivity contribution in [2.75, 3.05) is 0 Å². The molecular formula is C18H24F3N3O2S. The summed E-state index contributed by atoms with van der Waals surface area (Å²) in [5.74, 6) is -0.521. The lowest BCUT2D eigenvalue weighted by Gasteiger charge is -2.35. The van der Waals surface area contributed by atoms with E-state index in [-0.39, 0.29) is 46.5 Å². The number of benzene rings is 1. The van der Waals surface area contributed by atoms with E-state index in [0.29, 0.717) is 5.56 Å². The third kappa shape index (κ3) is 6.42. The number of hydrogen-bond acceptors (Lipinski definition) is 4. The number of nitrogens with one attached hydrogen (secondary N) is 3. The number of hydrogen-bond donors (Lipinski definition) is 3. The molecule has 2 unspecified atom stereocenters. The molecule has 150 valence electrons. The molecule has 1 aromatic rings. The van der Waals surface area contributed by atoms with Crippen LogP contribution in [0.5, 0.6) is 0 Å². The van der Waals surface area contributed by atoms with Crippen LogP contribution in [0.15, 0.2) is 29.2 Å². The highest BCUT2D eigenvalue weighted by atomic mass is 32.2. The van der Waals surface area contributed by atoms with Gasteiger partial charge >= 0.3 is 5.51 Å². The number of alkyl halides is 3. The Hall–Kier alpha value is -1.74. The Morgan fingerprint density at radius 2 is 1.81 bits per heavy atom. The second-order valence-corrected chi connectivity index (χ2v) is 8.78. The quantitative estimate of drug-likeness (QED) is 0.675. The fourth-order valence-corrected chi connectivity index (χ4v) is 3.50. The molecule has 0 aromatic heterocycles. The van der Waals surface area contributed by atoms with Crippen molar-refractivity contribution in [3.05, 3.63) is 29.8 Å². The van der Waals surface area contributed by atoms with Gasteiger partial charge in [0.2, 0.25) is 11.8 Å². The summed E-state index contributed by atoms with van der Waals surface area (Å²) in [6, 6.07) is 4.90. The van der Waals surface area contributed by atoms with Gasteiger partial charge in [-0.05, 0) is 41.8 Å². The minimum absolute atomic E-state index is 0.0359. The number of carbonyl (C=O) groups excluding carboxylic acids is 2. The fraction of sp³-hybridized carbons (Fsp3) is 0.556. The summed E-state index contributed by atoms with van der Waals surface area (Å²) < 4.78 is 37.5. The van der Waals surface area contributed by atoms with Crippen LogP contribution in [0, 0.1) is 5.41 Å². The van der Waals surface area contributed by atoms with Gasteiger partial charge in [0.15, 0.2) is 0 Å². The number of thioether (sulfide) groups is 1. The van der Waals surface area contributed by atoms with E-state index >= 15 is 0 Å². The Morgan fingerprint density at radius 1 is 1.22 bits per heavy atom. The summed E-state index contributed by atoms with van der Waals surface area (Å²) >= 11 is -0.176. The molecule has 0 saturated carbocycles. The smallest absolute Gasteiger partial charge is 0.347 e. The van der Waals surface area contributed by atoms with Crippen molar-refractivity contribution in [2.45, 2.75) is 62.8 Å². The molecule has 9 heteroatoms. The van der Waals surface area contributed by atoms with Crippen LogP contribution in [0.2, 0.25) is 0 Å². The second kappa shape index (κ2) is 8.10. The molecule has 1 aliphatic rings. The van der Waals surface area contributed by atoms with Gasteiger partial charge in [0.25, 0.3) is 0 Å². The van der Waals surface area contributed by atoms with Crippen LogP contribution in [0.3, 0.4) is 0 Å². The summed E-state index contributed by atoms with van der Waals surface area (Å²) in [6.07, 6.45) is -0.275. The average molecular weight is 403 g/mol. The molecule has 2 amide bonds. The molecule has 0 aliphatic carbocycles. The Labute approximate surface area is 160 Å². The van der Waals surface area contributed by atoms with Crippen LogP contribution in [0.1, 0.15) is 45.7 Å². The largest absolute Gasteiger partial charge is 0.446 e. The first-order chi connectivity index (χ1) is 12.3. The van der Waals surface area contributed by atoms with Gasteiger partial charge in [-0.2, -0.15) is 13.2 Å². The van der Waals surface area contributed by atoms with Crippen molar-refractivity contribution in [1.82, 2.24) is 16.0 Å². The SMILES string of the molecule is CC1NC(=O)CC(C(=O)N[C@@H](c2ccc(SC(F)(F)F)cc2)C(C)(C)C)N1. The van der Waals surface area contributed by atoms with E-state index in [1.807, 2.05) is 20.8 Å². The summed E-state index contributed by atoms with van der Waals surface area (Å²) in [4.78, 5) is 24.4. The van der Waals surface area contributed by atoms with Gasteiger partial charge in [0.05, 0.1) is 24.7 Å². The molecular weight excluding hydrogens is 379 g/mol. The van der Waals surface area contributed by atoms with Crippen molar-refractivity contribution in [1.29, 1.82) is 0 Å². The normalized spacial score (nSPS) is 22.1. The number of rotatable bonds is 4. The highest BCUT2D eigenvalue weighted by Gasteiger charge is 2.34. The number of halogens is 3. The molecule has 2 rings (SSSR count). The van der Waals surface area contributed by atoms with Crippen LogP contribution >= 0.6 is 11.8 Å². The molecule has 1 saturated heterocycles. The van der Waals surface area contributed by atoms with Gasteiger partial charge in [0, 0.05) is 4.90 Å². The molecule has 3 N–H and O–H groups in total. The van der Waals surface area contributed by atoms with Crippen molar-refractivity contribution in [3.63, 3.8) is 0 Å². The van der Waals surface area contributed by atoms with Crippen molar-refractivity contribution < 1.29 is 22.8 Å². The first-order valence-corrected chi connectivity index (χ1v) is 9.38. The Kier molecular flexibility index (Phi) is 6.47. The Bertz CT molecular complexity index is 687. The zero-order valence-corrected chi connectivity index (χ0v) is 16.4. The third-order valence-electron chi connectivity index (χ3n) is 4.13. The molecule has 1 aromatic carbocycles. The summed E-state index contributed by atoms with van der Waals surface area (Å²) in [5, 5.41) is 8.64. The van der Waals surface area contributed by atoms with Crippen LogP contribution in [-0.2, 0) is 9.59 Å². The highest BCUT2D eigenvalue weighted by Crippen LogP contribution is 2.38. The van der Waals surface area contributed by atoms with Crippen molar-refractivity contribution >= 4 is 23.6 Å². The van der Waals surface area contributed by atoms with Gasteiger partial charge in [-0.25, -0.2) is 0 Å². The van der Waals surface area contributed by atoms with Crippen LogP contribution in [0.4, 0.5) is 13.2 Å². The monoisotopic (exact) mass is 403 g/mol. The highest BCUT2D eigenvalue weighted by molar-refractivity contribution is 8.00. The lowest BCUT2D eigenvalue weighted by atomic mass is 9.82. The maximum Gasteiger partial charge on any atom is 0.446 e. The van der Waals surface area contributed by atoms with Crippen LogP contribution < -0.4 is 16.0 Å². The lowest BCUT2D eigenvalue weighted by Crippen LogP contribution is -2.60. The van der Waals surface area contributed by atoms with E-state index in [2.05, 4.69) is 16.0 Å². The summed E-state index contributed by atoms with van der Waals surface area (Å²) in [7, 11) is 0. The first kappa shape index (κ1) is 21.6. The van der Waals surface area contributed by atoms with Crippen molar-refractivity contribution in [3.8, 4) is 0 Å². The molecule has 1 heterocycles. The Morgan fingerprint density at radius 3 is 2.30 bits per heavy atom. The Balaban J connectivity index is 2.16. The molecule has 1 fully saturated rings. The lowest BCUT2D eigenvalue weighted by molar-refractivity contribution is -0.132. The average Bonchev–Trinajstić information content (AvgIpc) is 2.50. The molecule has 0 radical (unpaired) electrons. The molecule has 0 spiro atoms. The van der Waals surface area contributed by atoms with Crippen LogP contribution in [0.25, 0.3) is 0 Å². The van der Waals surface area contributed by atoms with Gasteiger partial charge in [-0.15, -0.1) is 0 Å². The van der Waals surface area contributed by atoms with E-state index in [4.69, 9.17) is 0 Å². The summed E-state index contributed by atoms with van der Waals surface area (Å²) in [5.41, 5.74) is -4.02. The minimum Gasteiger partial charge on any atom is -0.347 e. The van der Waals surface area contributed by atoms with E-state index < -0.39 is 17.6 Å². The molecule has 5 nitrogen and oxygen atoms in total. The van der Waals surface area contributed by atoms with Gasteiger partial charge < -0.3 is 10.6 Å². The van der Waals surface area contributed by atoms with Crippen molar-refractivity contribution in [2.24, 2.45) is 5.41 Å². The van der Waals surface area contributed by atoms with Gasteiger partial charge in [0.1, 0.15) is 0 Å². The van der Waals surface area contributed by atoms with E-state index in [1.165, 1.54) is 12.1 Å². The molecule has 3 atom stereocenters. The summed E-state index contributed by atoms with van der Waals surface area (Å²) in [6.45, 7) is 7.54. The van der Waals surface area contributed by atoms with Gasteiger partial charge in [-0.3, -0.25) is 14.9 Å². The predicted octanol–water partition coefficient (Wildman–Crippen LogP) is 3.33. The zero-order chi connectivity index (χ0) is 20.4. The van der Waals surface area contributed by atoms with Crippen LogP contribution in [-0.4, -0.2) is 29.5 Å². The standard InChI is InChI=1S/C18H24F3N3O2S/c1-10-22-13(9-14(25)23-10)16(26)24-15(17(2,3)4)11-5-7-12(8-6-11)27-18(19,20)21/h5-8,10,13,15,22H,9H2,1-4H3,(H,23,25)(H,24,26)/t10?,13?,15-/m0/s1. The molecule has 0 bridgehead atoms. The van der Waals surface area contributed by atoms with E-state index in [1.54, 1.807) is 19.1 Å². The van der Waals surface area contributed by atoms with E-state index in [0.717, 1.165) is 0 Å². The van der Waals surface area contributed by atoms with E-state index in [9.17, 15) is 22.8 Å². The second-order valence-electron chi connectivity index (χ2n) is 7.64.